The predicted octanol–water partition coefficient (Wildman–Crippen LogP) is 0.591. The Balaban J connectivity index is 1.30. The fraction of sp³-hybridized carbons (Fsp3) is 0.636. The standard InChI is InChI=1S/C22H34N4O4/c27-21(23-7-1-9-25-11-15-29-16-12-25)19-3-5-20(6-4-19)22(28)24-8-2-10-26-13-17-30-18-14-26/h3-6H,1-2,7-18H2,(H,23,27)(H,24,28). The Kier molecular flexibility index (Phi) is 9.56. The summed E-state index contributed by atoms with van der Waals surface area (Å²) in [6.45, 7) is 10.2. The Bertz CT molecular complexity index is 599. The Labute approximate surface area is 178 Å². The molecule has 30 heavy (non-hydrogen) atoms. The molecular formula is C22H34N4O4. The number of benzene rings is 1. The molecule has 2 amide bonds. The monoisotopic (exact) mass is 418 g/mol. The SMILES string of the molecule is O=C(NCCCN1CCOCC1)c1ccc(C(=O)NCCCN2CCOCC2)cc1. The molecule has 8 nitrogen and oxygen atoms in total. The highest BCUT2D eigenvalue weighted by molar-refractivity contribution is 5.97. The van der Waals surface area contributed by atoms with Crippen molar-refractivity contribution in [3.63, 3.8) is 0 Å². The molecule has 166 valence electrons. The average molecular weight is 419 g/mol. The molecular weight excluding hydrogens is 384 g/mol. The summed E-state index contributed by atoms with van der Waals surface area (Å²) >= 11 is 0. The summed E-state index contributed by atoms with van der Waals surface area (Å²) in [4.78, 5) is 29.3. The van der Waals surface area contributed by atoms with Gasteiger partial charge in [-0.05, 0) is 50.2 Å². The highest BCUT2D eigenvalue weighted by Crippen LogP contribution is 2.05. The van der Waals surface area contributed by atoms with E-state index in [-0.39, 0.29) is 11.8 Å². The second-order valence-corrected chi connectivity index (χ2v) is 7.70. The van der Waals surface area contributed by atoms with Crippen molar-refractivity contribution >= 4 is 11.8 Å². The number of hydrogen-bond donors (Lipinski definition) is 2. The first kappa shape index (κ1) is 22.7. The largest absolute Gasteiger partial charge is 0.379 e. The van der Waals surface area contributed by atoms with Crippen LogP contribution in [0.1, 0.15) is 33.6 Å². The number of nitrogens with one attached hydrogen (secondary N) is 2. The number of carbonyl (C=O) groups excluding carboxylic acids is 2. The van der Waals surface area contributed by atoms with Crippen LogP contribution in [0.25, 0.3) is 0 Å². The minimum atomic E-state index is -0.102. The molecule has 0 atom stereocenters. The lowest BCUT2D eigenvalue weighted by atomic mass is 10.1. The first-order valence-electron chi connectivity index (χ1n) is 11.0. The lowest BCUT2D eigenvalue weighted by Gasteiger charge is -2.26. The minimum absolute atomic E-state index is 0.102. The van der Waals surface area contributed by atoms with Crippen molar-refractivity contribution in [3.05, 3.63) is 35.4 Å². The summed E-state index contributed by atoms with van der Waals surface area (Å²) in [5.74, 6) is -0.205. The first-order valence-corrected chi connectivity index (χ1v) is 11.0. The molecule has 0 unspecified atom stereocenters. The van der Waals surface area contributed by atoms with Crippen LogP contribution in [0.15, 0.2) is 24.3 Å². The highest BCUT2D eigenvalue weighted by Gasteiger charge is 2.12. The van der Waals surface area contributed by atoms with Gasteiger partial charge in [0.05, 0.1) is 26.4 Å². The Morgan fingerprint density at radius 2 is 1.07 bits per heavy atom. The third kappa shape index (κ3) is 7.68. The van der Waals surface area contributed by atoms with Crippen LogP contribution in [0.3, 0.4) is 0 Å². The molecule has 1 aromatic carbocycles. The number of hydrogen-bond acceptors (Lipinski definition) is 6. The molecule has 2 aliphatic heterocycles. The van der Waals surface area contributed by atoms with Crippen molar-refractivity contribution in [2.45, 2.75) is 12.8 Å². The third-order valence-corrected chi connectivity index (χ3v) is 5.49. The molecule has 0 radical (unpaired) electrons. The fourth-order valence-corrected chi connectivity index (χ4v) is 3.64. The summed E-state index contributed by atoms with van der Waals surface area (Å²) in [5.41, 5.74) is 1.15. The van der Waals surface area contributed by atoms with E-state index in [2.05, 4.69) is 20.4 Å². The number of ether oxygens (including phenoxy) is 2. The molecule has 2 aliphatic rings. The lowest BCUT2D eigenvalue weighted by Crippen LogP contribution is -2.38. The van der Waals surface area contributed by atoms with Crippen LogP contribution in [-0.4, -0.2) is 100 Å². The van der Waals surface area contributed by atoms with Crippen molar-refractivity contribution in [2.75, 3.05) is 78.8 Å². The molecule has 2 heterocycles. The van der Waals surface area contributed by atoms with Gasteiger partial charge in [0.15, 0.2) is 0 Å². The zero-order chi connectivity index (χ0) is 21.0. The molecule has 0 aromatic heterocycles. The molecule has 2 saturated heterocycles. The summed E-state index contributed by atoms with van der Waals surface area (Å²) in [6, 6.07) is 6.83. The Morgan fingerprint density at radius 3 is 1.43 bits per heavy atom. The van der Waals surface area contributed by atoms with Gasteiger partial charge in [-0.3, -0.25) is 19.4 Å². The molecule has 2 fully saturated rings. The topological polar surface area (TPSA) is 83.1 Å². The summed E-state index contributed by atoms with van der Waals surface area (Å²) < 4.78 is 10.7. The van der Waals surface area contributed by atoms with Crippen LogP contribution >= 0.6 is 0 Å². The van der Waals surface area contributed by atoms with E-state index in [0.29, 0.717) is 24.2 Å². The molecule has 0 saturated carbocycles. The minimum Gasteiger partial charge on any atom is -0.379 e. The molecule has 1 aromatic rings. The number of morpholine rings is 2. The normalized spacial score (nSPS) is 18.1. The van der Waals surface area contributed by atoms with Crippen LogP contribution in [0.4, 0.5) is 0 Å². The van der Waals surface area contributed by atoms with Gasteiger partial charge in [-0.2, -0.15) is 0 Å². The van der Waals surface area contributed by atoms with Gasteiger partial charge in [0.25, 0.3) is 11.8 Å². The smallest absolute Gasteiger partial charge is 0.251 e. The van der Waals surface area contributed by atoms with Gasteiger partial charge in [-0.1, -0.05) is 0 Å². The predicted molar refractivity (Wildman–Crippen MR) is 115 cm³/mol. The van der Waals surface area contributed by atoms with Crippen LogP contribution < -0.4 is 10.6 Å². The van der Waals surface area contributed by atoms with Gasteiger partial charge in [-0.15, -0.1) is 0 Å². The molecule has 3 rings (SSSR count). The number of rotatable bonds is 10. The Hall–Kier alpha value is -2.00. The maximum Gasteiger partial charge on any atom is 0.251 e. The van der Waals surface area contributed by atoms with E-state index < -0.39 is 0 Å². The number of nitrogens with zero attached hydrogens (tertiary/aromatic N) is 2. The van der Waals surface area contributed by atoms with Crippen molar-refractivity contribution in [2.24, 2.45) is 0 Å². The summed E-state index contributed by atoms with van der Waals surface area (Å²) in [5, 5.41) is 5.90. The van der Waals surface area contributed by atoms with Crippen molar-refractivity contribution < 1.29 is 19.1 Å². The van der Waals surface area contributed by atoms with Crippen LogP contribution in [0, 0.1) is 0 Å². The number of carbonyl (C=O) groups is 2. The fourth-order valence-electron chi connectivity index (χ4n) is 3.64. The first-order chi connectivity index (χ1) is 14.7. The van der Waals surface area contributed by atoms with E-state index in [1.807, 2.05) is 0 Å². The highest BCUT2D eigenvalue weighted by atomic mass is 16.5. The van der Waals surface area contributed by atoms with Crippen molar-refractivity contribution in [1.82, 2.24) is 20.4 Å². The van der Waals surface area contributed by atoms with Gasteiger partial charge in [-0.25, -0.2) is 0 Å². The van der Waals surface area contributed by atoms with Crippen molar-refractivity contribution in [1.29, 1.82) is 0 Å². The van der Waals surface area contributed by atoms with E-state index in [1.165, 1.54) is 0 Å². The molecule has 0 bridgehead atoms. The van der Waals surface area contributed by atoms with Crippen LogP contribution in [-0.2, 0) is 9.47 Å². The van der Waals surface area contributed by atoms with Gasteiger partial charge >= 0.3 is 0 Å². The van der Waals surface area contributed by atoms with E-state index >= 15 is 0 Å². The lowest BCUT2D eigenvalue weighted by molar-refractivity contribution is 0.0373. The van der Waals surface area contributed by atoms with Crippen LogP contribution in [0.5, 0.6) is 0 Å². The quantitative estimate of drug-likeness (QED) is 0.541. The van der Waals surface area contributed by atoms with E-state index in [1.54, 1.807) is 24.3 Å². The van der Waals surface area contributed by atoms with Gasteiger partial charge in [0.1, 0.15) is 0 Å². The van der Waals surface area contributed by atoms with E-state index in [0.717, 1.165) is 78.5 Å². The van der Waals surface area contributed by atoms with E-state index in [9.17, 15) is 9.59 Å². The summed E-state index contributed by atoms with van der Waals surface area (Å²) in [7, 11) is 0. The third-order valence-electron chi connectivity index (χ3n) is 5.49. The van der Waals surface area contributed by atoms with Crippen molar-refractivity contribution in [3.8, 4) is 0 Å². The molecule has 8 heteroatoms. The van der Waals surface area contributed by atoms with Crippen LogP contribution in [0.2, 0.25) is 0 Å². The summed E-state index contributed by atoms with van der Waals surface area (Å²) in [6.07, 6.45) is 1.83. The van der Waals surface area contributed by atoms with Gasteiger partial charge in [0.2, 0.25) is 0 Å². The zero-order valence-corrected chi connectivity index (χ0v) is 17.7. The molecule has 0 spiro atoms. The van der Waals surface area contributed by atoms with Gasteiger partial charge < -0.3 is 20.1 Å². The maximum atomic E-state index is 12.3. The second-order valence-electron chi connectivity index (χ2n) is 7.70. The molecule has 2 N–H and O–H groups in total. The second kappa shape index (κ2) is 12.6. The molecule has 0 aliphatic carbocycles. The van der Waals surface area contributed by atoms with Gasteiger partial charge in [0, 0.05) is 50.4 Å². The zero-order valence-electron chi connectivity index (χ0n) is 17.7. The number of amides is 2. The Morgan fingerprint density at radius 1 is 0.700 bits per heavy atom. The maximum absolute atomic E-state index is 12.3. The average Bonchev–Trinajstić information content (AvgIpc) is 2.81. The van der Waals surface area contributed by atoms with E-state index in [4.69, 9.17) is 9.47 Å².